The quantitative estimate of drug-likeness (QED) is 0.638. The van der Waals surface area contributed by atoms with Gasteiger partial charge in [-0.25, -0.2) is 0 Å². The van der Waals surface area contributed by atoms with E-state index in [0.29, 0.717) is 0 Å². The highest BCUT2D eigenvalue weighted by Crippen LogP contribution is 1.92. The number of rotatable bonds is 8. The summed E-state index contributed by atoms with van der Waals surface area (Å²) in [5, 5.41) is 7.56. The van der Waals surface area contributed by atoms with Crippen molar-refractivity contribution in [2.24, 2.45) is 7.05 Å². The Bertz CT molecular complexity index is 285. The maximum Gasteiger partial charge on any atom is 0.0762 e. The molecule has 1 aromatic rings. The van der Waals surface area contributed by atoms with Crippen LogP contribution in [0.15, 0.2) is 12.3 Å². The van der Waals surface area contributed by atoms with Crippen LogP contribution in [0.3, 0.4) is 0 Å². The van der Waals surface area contributed by atoms with Crippen LogP contribution in [0.5, 0.6) is 0 Å². The SMILES string of the molecule is CN(C)CCOCCNCc1ccn(C)n1. The molecule has 0 spiro atoms. The summed E-state index contributed by atoms with van der Waals surface area (Å²) in [5.41, 5.74) is 1.07. The second-order valence-electron chi connectivity index (χ2n) is 4.07. The van der Waals surface area contributed by atoms with Gasteiger partial charge in [0.1, 0.15) is 0 Å². The lowest BCUT2D eigenvalue weighted by molar-refractivity contribution is 0.119. The third-order valence-electron chi connectivity index (χ3n) is 2.18. The van der Waals surface area contributed by atoms with E-state index in [1.165, 1.54) is 0 Å². The Hall–Kier alpha value is -0.910. The van der Waals surface area contributed by atoms with E-state index in [1.54, 1.807) is 0 Å². The van der Waals surface area contributed by atoms with Gasteiger partial charge in [0.15, 0.2) is 0 Å². The first-order valence-corrected chi connectivity index (χ1v) is 5.60. The molecule has 16 heavy (non-hydrogen) atoms. The van der Waals surface area contributed by atoms with E-state index in [0.717, 1.165) is 38.5 Å². The van der Waals surface area contributed by atoms with Gasteiger partial charge in [-0.15, -0.1) is 0 Å². The topological polar surface area (TPSA) is 42.3 Å². The summed E-state index contributed by atoms with van der Waals surface area (Å²) in [6.45, 7) is 4.18. The Labute approximate surface area is 97.4 Å². The molecular formula is C11H22N4O. The molecule has 1 rings (SSSR count). The summed E-state index contributed by atoms with van der Waals surface area (Å²) in [5.74, 6) is 0. The highest BCUT2D eigenvalue weighted by atomic mass is 16.5. The number of hydrogen-bond acceptors (Lipinski definition) is 4. The van der Waals surface area contributed by atoms with Crippen molar-refractivity contribution in [2.75, 3.05) is 40.4 Å². The molecule has 5 nitrogen and oxygen atoms in total. The molecule has 0 amide bonds. The summed E-state index contributed by atoms with van der Waals surface area (Å²) in [4.78, 5) is 2.11. The number of aromatic nitrogens is 2. The molecule has 0 aliphatic heterocycles. The van der Waals surface area contributed by atoms with Gasteiger partial charge in [-0.1, -0.05) is 0 Å². The molecular weight excluding hydrogens is 204 g/mol. The van der Waals surface area contributed by atoms with Crippen LogP contribution < -0.4 is 5.32 Å². The van der Waals surface area contributed by atoms with Crippen molar-refractivity contribution in [1.29, 1.82) is 0 Å². The molecule has 0 saturated heterocycles. The average molecular weight is 226 g/mol. The Balaban J connectivity index is 1.92. The Morgan fingerprint density at radius 1 is 1.44 bits per heavy atom. The van der Waals surface area contributed by atoms with Crippen LogP contribution in [0.2, 0.25) is 0 Å². The van der Waals surface area contributed by atoms with Gasteiger partial charge in [-0.05, 0) is 20.2 Å². The first-order valence-electron chi connectivity index (χ1n) is 5.60. The van der Waals surface area contributed by atoms with Gasteiger partial charge in [-0.3, -0.25) is 4.68 Å². The summed E-state index contributed by atoms with van der Waals surface area (Å²) < 4.78 is 7.27. The van der Waals surface area contributed by atoms with Gasteiger partial charge in [0, 0.05) is 32.9 Å². The molecule has 0 radical (unpaired) electrons. The normalized spacial score (nSPS) is 11.2. The van der Waals surface area contributed by atoms with Crippen LogP contribution in [0.25, 0.3) is 0 Å². The minimum Gasteiger partial charge on any atom is -0.379 e. The maximum absolute atomic E-state index is 5.46. The van der Waals surface area contributed by atoms with Gasteiger partial charge >= 0.3 is 0 Å². The summed E-state index contributed by atoms with van der Waals surface area (Å²) in [6.07, 6.45) is 1.95. The second kappa shape index (κ2) is 7.38. The Kier molecular flexibility index (Phi) is 6.07. The zero-order valence-electron chi connectivity index (χ0n) is 10.4. The van der Waals surface area contributed by atoms with Gasteiger partial charge in [0.25, 0.3) is 0 Å². The van der Waals surface area contributed by atoms with Crippen LogP contribution in [-0.2, 0) is 18.3 Å². The van der Waals surface area contributed by atoms with Crippen molar-refractivity contribution in [2.45, 2.75) is 6.54 Å². The fourth-order valence-corrected chi connectivity index (χ4v) is 1.27. The summed E-state index contributed by atoms with van der Waals surface area (Å²) >= 11 is 0. The third-order valence-corrected chi connectivity index (χ3v) is 2.18. The van der Waals surface area contributed by atoms with Crippen LogP contribution >= 0.6 is 0 Å². The zero-order chi connectivity index (χ0) is 11.8. The van der Waals surface area contributed by atoms with Gasteiger partial charge in [0.05, 0.1) is 18.9 Å². The molecule has 0 aromatic carbocycles. The Morgan fingerprint density at radius 3 is 2.88 bits per heavy atom. The van der Waals surface area contributed by atoms with Crippen LogP contribution in [0.4, 0.5) is 0 Å². The molecule has 0 fully saturated rings. The van der Waals surface area contributed by atoms with Crippen molar-refractivity contribution in [3.05, 3.63) is 18.0 Å². The largest absolute Gasteiger partial charge is 0.379 e. The molecule has 5 heteroatoms. The molecule has 0 aliphatic rings. The minimum atomic E-state index is 0.751. The molecule has 92 valence electrons. The predicted octanol–water partition coefficient (Wildman–Crippen LogP) is 0.0879. The van der Waals surface area contributed by atoms with E-state index >= 15 is 0 Å². The molecule has 0 aliphatic carbocycles. The highest BCUT2D eigenvalue weighted by Gasteiger charge is 1.95. The number of hydrogen-bond donors (Lipinski definition) is 1. The average Bonchev–Trinajstić information content (AvgIpc) is 2.62. The minimum absolute atomic E-state index is 0.751. The number of aryl methyl sites for hydroxylation is 1. The molecule has 1 heterocycles. The van der Waals surface area contributed by atoms with Gasteiger partial charge in [-0.2, -0.15) is 5.10 Å². The van der Waals surface area contributed by atoms with E-state index in [2.05, 4.69) is 15.3 Å². The predicted molar refractivity (Wildman–Crippen MR) is 64.3 cm³/mol. The summed E-state index contributed by atoms with van der Waals surface area (Å²) in [6, 6.07) is 2.01. The van der Waals surface area contributed by atoms with Crippen LogP contribution in [0.1, 0.15) is 5.69 Å². The molecule has 1 N–H and O–H groups in total. The lowest BCUT2D eigenvalue weighted by Crippen LogP contribution is -2.23. The lowest BCUT2D eigenvalue weighted by Gasteiger charge is -2.09. The molecule has 0 atom stereocenters. The molecule has 0 bridgehead atoms. The number of likely N-dealkylation sites (N-methyl/N-ethyl adjacent to an activating group) is 1. The fraction of sp³-hybridized carbons (Fsp3) is 0.727. The molecule has 0 unspecified atom stereocenters. The van der Waals surface area contributed by atoms with E-state index in [-0.39, 0.29) is 0 Å². The van der Waals surface area contributed by atoms with Gasteiger partial charge in [0.2, 0.25) is 0 Å². The Morgan fingerprint density at radius 2 is 2.25 bits per heavy atom. The standard InChI is InChI=1S/C11H22N4O/c1-14(2)7-9-16-8-5-12-10-11-4-6-15(3)13-11/h4,6,12H,5,7-10H2,1-3H3. The number of nitrogens with one attached hydrogen (secondary N) is 1. The second-order valence-corrected chi connectivity index (χ2v) is 4.07. The van der Waals surface area contributed by atoms with Gasteiger partial charge < -0.3 is 15.0 Å². The van der Waals surface area contributed by atoms with Crippen molar-refractivity contribution < 1.29 is 4.74 Å². The zero-order valence-corrected chi connectivity index (χ0v) is 10.4. The lowest BCUT2D eigenvalue weighted by atomic mass is 10.4. The summed E-state index contributed by atoms with van der Waals surface area (Å²) in [7, 11) is 6.01. The number of nitrogens with zero attached hydrogens (tertiary/aromatic N) is 3. The first-order chi connectivity index (χ1) is 7.68. The van der Waals surface area contributed by atoms with E-state index < -0.39 is 0 Å². The van der Waals surface area contributed by atoms with E-state index in [9.17, 15) is 0 Å². The molecule has 1 aromatic heterocycles. The van der Waals surface area contributed by atoms with Crippen molar-refractivity contribution >= 4 is 0 Å². The number of ether oxygens (including phenoxy) is 1. The monoisotopic (exact) mass is 226 g/mol. The smallest absolute Gasteiger partial charge is 0.0762 e. The highest BCUT2D eigenvalue weighted by molar-refractivity contribution is 4.97. The van der Waals surface area contributed by atoms with Crippen molar-refractivity contribution in [3.63, 3.8) is 0 Å². The van der Waals surface area contributed by atoms with Crippen molar-refractivity contribution in [3.8, 4) is 0 Å². The third kappa shape index (κ3) is 5.85. The van der Waals surface area contributed by atoms with Crippen molar-refractivity contribution in [1.82, 2.24) is 20.0 Å². The van der Waals surface area contributed by atoms with E-state index in [4.69, 9.17) is 4.74 Å². The van der Waals surface area contributed by atoms with Crippen LogP contribution in [0, 0.1) is 0 Å². The fourth-order valence-electron chi connectivity index (χ4n) is 1.27. The van der Waals surface area contributed by atoms with E-state index in [1.807, 2.05) is 38.1 Å². The first kappa shape index (κ1) is 13.2. The molecule has 0 saturated carbocycles. The maximum atomic E-state index is 5.46. The van der Waals surface area contributed by atoms with Crippen LogP contribution in [-0.4, -0.2) is 55.1 Å².